The van der Waals surface area contributed by atoms with Crippen molar-refractivity contribution in [1.82, 2.24) is 0 Å². The smallest absolute Gasteiger partial charge is 0.416 e. The molecule has 0 spiro atoms. The molecule has 0 aliphatic rings. The third-order valence-corrected chi connectivity index (χ3v) is 2.36. The van der Waals surface area contributed by atoms with E-state index in [2.05, 4.69) is 0 Å². The number of benzene rings is 1. The predicted molar refractivity (Wildman–Crippen MR) is 52.3 cm³/mol. The van der Waals surface area contributed by atoms with Crippen molar-refractivity contribution in [3.8, 4) is 11.8 Å². The summed E-state index contributed by atoms with van der Waals surface area (Å²) in [6.07, 6.45) is -4.68. The molecule has 1 aromatic rings. The molecule has 16 heavy (non-hydrogen) atoms. The normalized spacial score (nSPS) is 11.0. The highest BCUT2D eigenvalue weighted by molar-refractivity contribution is 6.32. The summed E-state index contributed by atoms with van der Waals surface area (Å²) in [5.74, 6) is -0.0817. The molecule has 0 fully saturated rings. The van der Waals surface area contributed by atoms with Crippen LogP contribution in [0.2, 0.25) is 5.02 Å². The number of alkyl halides is 3. The van der Waals surface area contributed by atoms with E-state index in [9.17, 15) is 13.2 Å². The maximum atomic E-state index is 12.5. The molecule has 0 N–H and O–H groups in total. The first-order valence-electron chi connectivity index (χ1n) is 4.20. The number of hydrogen-bond acceptors (Lipinski definition) is 2. The lowest BCUT2D eigenvalue weighted by Gasteiger charge is -2.12. The van der Waals surface area contributed by atoms with Crippen molar-refractivity contribution in [3.05, 3.63) is 28.3 Å². The minimum Gasteiger partial charge on any atom is -0.495 e. The second-order valence-electron chi connectivity index (χ2n) is 2.98. The van der Waals surface area contributed by atoms with E-state index in [1.807, 2.05) is 0 Å². The SMILES string of the molecule is COc1cc(C(F)(F)F)cc(CC#N)c1Cl. The van der Waals surface area contributed by atoms with E-state index in [0.29, 0.717) is 0 Å². The van der Waals surface area contributed by atoms with Crippen LogP contribution in [0.25, 0.3) is 0 Å². The van der Waals surface area contributed by atoms with Crippen LogP contribution in [-0.2, 0) is 12.6 Å². The van der Waals surface area contributed by atoms with Crippen LogP contribution >= 0.6 is 11.6 Å². The molecule has 0 unspecified atom stereocenters. The van der Waals surface area contributed by atoms with E-state index < -0.39 is 11.7 Å². The molecule has 1 rings (SSSR count). The predicted octanol–water partition coefficient (Wildman–Crippen LogP) is 3.43. The monoisotopic (exact) mass is 249 g/mol. The maximum Gasteiger partial charge on any atom is 0.416 e. The largest absolute Gasteiger partial charge is 0.495 e. The van der Waals surface area contributed by atoms with E-state index in [1.54, 1.807) is 6.07 Å². The van der Waals surface area contributed by atoms with Crippen molar-refractivity contribution in [1.29, 1.82) is 5.26 Å². The third-order valence-electron chi connectivity index (χ3n) is 1.93. The molecule has 0 aromatic heterocycles. The number of nitrogens with zero attached hydrogens (tertiary/aromatic N) is 1. The summed E-state index contributed by atoms with van der Waals surface area (Å²) < 4.78 is 42.2. The number of halogens is 4. The molecule has 0 aliphatic carbocycles. The van der Waals surface area contributed by atoms with Gasteiger partial charge in [0.2, 0.25) is 0 Å². The zero-order chi connectivity index (χ0) is 12.3. The minimum absolute atomic E-state index is 0.0389. The van der Waals surface area contributed by atoms with Gasteiger partial charge in [0, 0.05) is 0 Å². The van der Waals surface area contributed by atoms with Gasteiger partial charge in [-0.15, -0.1) is 0 Å². The van der Waals surface area contributed by atoms with Gasteiger partial charge in [0.05, 0.1) is 30.2 Å². The van der Waals surface area contributed by atoms with E-state index in [4.69, 9.17) is 21.6 Å². The van der Waals surface area contributed by atoms with Gasteiger partial charge in [0.1, 0.15) is 5.75 Å². The molecular formula is C10H7ClF3NO. The molecule has 0 atom stereocenters. The van der Waals surface area contributed by atoms with Gasteiger partial charge in [-0.1, -0.05) is 11.6 Å². The zero-order valence-corrected chi connectivity index (χ0v) is 8.99. The number of nitriles is 1. The fraction of sp³-hybridized carbons (Fsp3) is 0.300. The van der Waals surface area contributed by atoms with Crippen LogP contribution in [0.15, 0.2) is 12.1 Å². The first-order chi connectivity index (χ1) is 7.40. The van der Waals surface area contributed by atoms with E-state index in [0.717, 1.165) is 12.1 Å². The fourth-order valence-electron chi connectivity index (χ4n) is 1.18. The van der Waals surface area contributed by atoms with Gasteiger partial charge >= 0.3 is 6.18 Å². The van der Waals surface area contributed by atoms with Gasteiger partial charge < -0.3 is 4.74 Å². The van der Waals surface area contributed by atoms with Gasteiger partial charge in [-0.2, -0.15) is 18.4 Å². The summed E-state index contributed by atoms with van der Waals surface area (Å²) >= 11 is 5.77. The second-order valence-corrected chi connectivity index (χ2v) is 3.36. The van der Waals surface area contributed by atoms with E-state index in [-0.39, 0.29) is 22.8 Å². The van der Waals surface area contributed by atoms with Gasteiger partial charge in [0.25, 0.3) is 0 Å². The Balaban J connectivity index is 3.35. The summed E-state index contributed by atoms with van der Waals surface area (Å²) in [5.41, 5.74) is -0.769. The summed E-state index contributed by atoms with van der Waals surface area (Å²) in [6, 6.07) is 3.41. The minimum atomic E-state index is -4.48. The highest BCUT2D eigenvalue weighted by Crippen LogP contribution is 2.37. The van der Waals surface area contributed by atoms with Gasteiger partial charge in [-0.3, -0.25) is 0 Å². The fourth-order valence-corrected chi connectivity index (χ4v) is 1.43. The molecule has 0 amide bonds. The highest BCUT2D eigenvalue weighted by atomic mass is 35.5. The molecule has 0 heterocycles. The quantitative estimate of drug-likeness (QED) is 0.804. The van der Waals surface area contributed by atoms with Crippen LogP contribution in [-0.4, -0.2) is 7.11 Å². The third kappa shape index (κ3) is 2.58. The topological polar surface area (TPSA) is 33.0 Å². The van der Waals surface area contributed by atoms with Crippen LogP contribution in [0.5, 0.6) is 5.75 Å². The lowest BCUT2D eigenvalue weighted by molar-refractivity contribution is -0.137. The Kier molecular flexibility index (Phi) is 3.66. The molecule has 0 bridgehead atoms. The summed E-state index contributed by atoms with van der Waals surface area (Å²) in [4.78, 5) is 0. The first-order valence-corrected chi connectivity index (χ1v) is 4.58. The van der Waals surface area contributed by atoms with Crippen molar-refractivity contribution in [2.45, 2.75) is 12.6 Å². The summed E-state index contributed by atoms with van der Waals surface area (Å²) in [7, 11) is 1.22. The van der Waals surface area contributed by atoms with Crippen LogP contribution in [0.1, 0.15) is 11.1 Å². The number of ether oxygens (including phenoxy) is 1. The van der Waals surface area contributed by atoms with Crippen LogP contribution in [0.3, 0.4) is 0 Å². The average Bonchev–Trinajstić information content (AvgIpc) is 2.19. The number of methoxy groups -OCH3 is 1. The Morgan fingerprint density at radius 1 is 1.44 bits per heavy atom. The second kappa shape index (κ2) is 4.62. The summed E-state index contributed by atoms with van der Waals surface area (Å²) in [5, 5.41) is 8.51. The molecule has 0 radical (unpaired) electrons. The average molecular weight is 250 g/mol. The summed E-state index contributed by atoms with van der Waals surface area (Å²) in [6.45, 7) is 0. The first kappa shape index (κ1) is 12.7. The molecule has 0 saturated heterocycles. The zero-order valence-electron chi connectivity index (χ0n) is 8.23. The van der Waals surface area contributed by atoms with Gasteiger partial charge in [-0.05, 0) is 17.7 Å². The Morgan fingerprint density at radius 3 is 2.50 bits per heavy atom. The van der Waals surface area contributed by atoms with Crippen LogP contribution in [0, 0.1) is 11.3 Å². The van der Waals surface area contributed by atoms with Crippen molar-refractivity contribution in [3.63, 3.8) is 0 Å². The van der Waals surface area contributed by atoms with Gasteiger partial charge in [0.15, 0.2) is 0 Å². The Bertz CT molecular complexity index is 437. The highest BCUT2D eigenvalue weighted by Gasteiger charge is 2.32. The maximum absolute atomic E-state index is 12.5. The number of rotatable bonds is 2. The van der Waals surface area contributed by atoms with Crippen molar-refractivity contribution < 1.29 is 17.9 Å². The molecular weight excluding hydrogens is 243 g/mol. The lowest BCUT2D eigenvalue weighted by atomic mass is 10.1. The molecule has 2 nitrogen and oxygen atoms in total. The molecule has 0 aliphatic heterocycles. The molecule has 0 saturated carbocycles. The Labute approximate surface area is 95.2 Å². The van der Waals surface area contributed by atoms with Gasteiger partial charge in [-0.25, -0.2) is 0 Å². The van der Waals surface area contributed by atoms with E-state index >= 15 is 0 Å². The van der Waals surface area contributed by atoms with Crippen molar-refractivity contribution in [2.24, 2.45) is 0 Å². The Hall–Kier alpha value is -1.41. The van der Waals surface area contributed by atoms with Crippen molar-refractivity contribution >= 4 is 11.6 Å². The van der Waals surface area contributed by atoms with Crippen LogP contribution < -0.4 is 4.74 Å². The molecule has 86 valence electrons. The number of hydrogen-bond donors (Lipinski definition) is 0. The standard InChI is InChI=1S/C10H7ClF3NO/c1-16-8-5-7(10(12,13)14)4-6(2-3-15)9(8)11/h4-5H,2H2,1H3. The molecule has 6 heteroatoms. The Morgan fingerprint density at radius 2 is 2.06 bits per heavy atom. The van der Waals surface area contributed by atoms with Crippen LogP contribution in [0.4, 0.5) is 13.2 Å². The van der Waals surface area contributed by atoms with Crippen molar-refractivity contribution in [2.75, 3.05) is 7.11 Å². The molecule has 1 aromatic carbocycles. The van der Waals surface area contributed by atoms with E-state index in [1.165, 1.54) is 7.11 Å². The lowest BCUT2D eigenvalue weighted by Crippen LogP contribution is -2.06.